The lowest BCUT2D eigenvalue weighted by atomic mass is 9.84. The maximum atomic E-state index is 12.1. The van der Waals surface area contributed by atoms with Crippen LogP contribution in [0, 0.1) is 6.92 Å². The number of nitrogens with one attached hydrogen (secondary N) is 1. The third-order valence-corrected chi connectivity index (χ3v) is 3.59. The first kappa shape index (κ1) is 14.2. The molecule has 0 aromatic heterocycles. The summed E-state index contributed by atoms with van der Waals surface area (Å²) >= 11 is 0. The summed E-state index contributed by atoms with van der Waals surface area (Å²) in [7, 11) is 1.39. The summed E-state index contributed by atoms with van der Waals surface area (Å²) in [5.74, 6) is -0.611. The third-order valence-electron chi connectivity index (χ3n) is 3.59. The number of rotatable bonds is 2. The predicted molar refractivity (Wildman–Crippen MR) is 78.7 cm³/mol. The zero-order valence-electron chi connectivity index (χ0n) is 12.3. The van der Waals surface area contributed by atoms with Crippen molar-refractivity contribution in [3.8, 4) is 0 Å². The van der Waals surface area contributed by atoms with Crippen molar-refractivity contribution < 1.29 is 9.53 Å². The van der Waals surface area contributed by atoms with Gasteiger partial charge >= 0.3 is 5.97 Å². The fourth-order valence-corrected chi connectivity index (χ4v) is 2.59. The van der Waals surface area contributed by atoms with Crippen LogP contribution in [-0.2, 0) is 9.53 Å². The van der Waals surface area contributed by atoms with E-state index in [0.29, 0.717) is 11.3 Å². The second-order valence-corrected chi connectivity index (χ2v) is 5.08. The highest BCUT2D eigenvalue weighted by molar-refractivity contribution is 5.92. The average Bonchev–Trinajstić information content (AvgIpc) is 2.41. The molecule has 1 aromatic rings. The van der Waals surface area contributed by atoms with Crippen LogP contribution in [-0.4, -0.2) is 13.1 Å². The molecule has 1 aliphatic rings. The zero-order valence-corrected chi connectivity index (χ0v) is 12.3. The largest absolute Gasteiger partial charge is 0.466 e. The molecule has 0 aliphatic carbocycles. The number of hydrogen-bond acceptors (Lipinski definition) is 4. The number of carbonyl (C=O) groups excluding carboxylic acids is 1. The van der Waals surface area contributed by atoms with Crippen molar-refractivity contribution in [1.29, 1.82) is 0 Å². The molecule has 1 heterocycles. The molecule has 0 amide bonds. The Labute approximate surface area is 119 Å². The molecule has 1 atom stereocenters. The Kier molecular flexibility index (Phi) is 3.84. The van der Waals surface area contributed by atoms with Gasteiger partial charge < -0.3 is 15.8 Å². The van der Waals surface area contributed by atoms with E-state index < -0.39 is 0 Å². The number of aryl methyl sites for hydroxylation is 1. The van der Waals surface area contributed by atoms with Crippen LogP contribution in [0.15, 0.2) is 46.9 Å². The van der Waals surface area contributed by atoms with E-state index in [1.807, 2.05) is 45.0 Å². The molecule has 20 heavy (non-hydrogen) atoms. The number of nitrogens with two attached hydrogens (primary N) is 1. The Hall–Kier alpha value is -2.23. The number of benzene rings is 1. The normalized spacial score (nSPS) is 18.9. The van der Waals surface area contributed by atoms with Gasteiger partial charge in [0, 0.05) is 17.1 Å². The molecule has 3 N–H and O–H groups in total. The van der Waals surface area contributed by atoms with Crippen molar-refractivity contribution >= 4 is 5.97 Å². The number of esters is 1. The molecule has 2 rings (SSSR count). The van der Waals surface area contributed by atoms with Crippen LogP contribution in [0.25, 0.3) is 0 Å². The predicted octanol–water partition coefficient (Wildman–Crippen LogP) is 2.32. The van der Waals surface area contributed by atoms with Gasteiger partial charge in [0.2, 0.25) is 0 Å². The molecule has 0 fully saturated rings. The van der Waals surface area contributed by atoms with E-state index in [4.69, 9.17) is 10.5 Å². The molecular formula is C16H20N2O2. The molecule has 1 aromatic carbocycles. The minimum atomic E-state index is -0.350. The second-order valence-electron chi connectivity index (χ2n) is 5.08. The van der Waals surface area contributed by atoms with Crippen molar-refractivity contribution in [3.63, 3.8) is 0 Å². The highest BCUT2D eigenvalue weighted by atomic mass is 16.5. The molecule has 0 saturated heterocycles. The summed E-state index contributed by atoms with van der Waals surface area (Å²) in [6, 6.07) is 8.02. The van der Waals surface area contributed by atoms with Crippen LogP contribution in [0.2, 0.25) is 0 Å². The summed E-state index contributed by atoms with van der Waals surface area (Å²) in [4.78, 5) is 12.1. The Balaban J connectivity index is 2.59. The van der Waals surface area contributed by atoms with E-state index in [2.05, 4.69) is 5.32 Å². The zero-order chi connectivity index (χ0) is 14.9. The Morgan fingerprint density at radius 3 is 2.55 bits per heavy atom. The van der Waals surface area contributed by atoms with Gasteiger partial charge in [0.25, 0.3) is 0 Å². The van der Waals surface area contributed by atoms with Gasteiger partial charge in [-0.3, -0.25) is 0 Å². The van der Waals surface area contributed by atoms with Crippen molar-refractivity contribution in [3.05, 3.63) is 58.1 Å². The van der Waals surface area contributed by atoms with Gasteiger partial charge in [-0.1, -0.05) is 29.8 Å². The minimum Gasteiger partial charge on any atom is -0.466 e. The van der Waals surface area contributed by atoms with E-state index in [-0.39, 0.29) is 11.9 Å². The number of methoxy groups -OCH3 is 1. The van der Waals surface area contributed by atoms with Crippen molar-refractivity contribution in [2.45, 2.75) is 26.7 Å². The second kappa shape index (κ2) is 5.41. The van der Waals surface area contributed by atoms with Gasteiger partial charge in [-0.25, -0.2) is 4.79 Å². The molecule has 0 spiro atoms. The standard InChI is InChI=1S/C16H20N2O2/c1-9-6-5-7-12(8-9)14-13(16(19)20-4)10(2)18-11(3)15(14)17/h5-8,14,18H,17H2,1-4H3. The monoisotopic (exact) mass is 272 g/mol. The Bertz CT molecular complexity index is 615. The van der Waals surface area contributed by atoms with Gasteiger partial charge in [-0.2, -0.15) is 0 Å². The van der Waals surface area contributed by atoms with Gasteiger partial charge in [-0.05, 0) is 26.3 Å². The lowest BCUT2D eigenvalue weighted by Crippen LogP contribution is -2.31. The lowest BCUT2D eigenvalue weighted by Gasteiger charge is -2.29. The summed E-state index contributed by atoms with van der Waals surface area (Å²) in [6.45, 7) is 5.80. The van der Waals surface area contributed by atoms with Gasteiger partial charge in [0.1, 0.15) is 0 Å². The van der Waals surface area contributed by atoms with Crippen LogP contribution < -0.4 is 11.1 Å². The first-order valence-corrected chi connectivity index (χ1v) is 6.54. The van der Waals surface area contributed by atoms with Crippen LogP contribution in [0.5, 0.6) is 0 Å². The van der Waals surface area contributed by atoms with Gasteiger partial charge in [0.15, 0.2) is 0 Å². The quantitative estimate of drug-likeness (QED) is 0.811. The fourth-order valence-electron chi connectivity index (χ4n) is 2.59. The number of carbonyl (C=O) groups is 1. The molecule has 1 aliphatic heterocycles. The fraction of sp³-hybridized carbons (Fsp3) is 0.312. The SMILES string of the molecule is COC(=O)C1=C(C)NC(C)=C(N)C1c1cccc(C)c1. The highest BCUT2D eigenvalue weighted by Gasteiger charge is 2.32. The highest BCUT2D eigenvalue weighted by Crippen LogP contribution is 2.36. The molecule has 106 valence electrons. The first-order valence-electron chi connectivity index (χ1n) is 6.54. The van der Waals surface area contributed by atoms with E-state index in [0.717, 1.165) is 22.5 Å². The average molecular weight is 272 g/mol. The maximum Gasteiger partial charge on any atom is 0.336 e. The molecule has 4 nitrogen and oxygen atoms in total. The van der Waals surface area contributed by atoms with E-state index >= 15 is 0 Å². The maximum absolute atomic E-state index is 12.1. The van der Waals surface area contributed by atoms with Crippen LogP contribution in [0.4, 0.5) is 0 Å². The number of allylic oxidation sites excluding steroid dienone is 3. The smallest absolute Gasteiger partial charge is 0.336 e. The molecule has 0 radical (unpaired) electrons. The summed E-state index contributed by atoms with van der Waals surface area (Å²) in [5, 5.41) is 3.14. The summed E-state index contributed by atoms with van der Waals surface area (Å²) in [6.07, 6.45) is 0. The van der Waals surface area contributed by atoms with Crippen molar-refractivity contribution in [1.82, 2.24) is 5.32 Å². The van der Waals surface area contributed by atoms with Gasteiger partial charge in [0.05, 0.1) is 18.6 Å². The Morgan fingerprint density at radius 1 is 1.25 bits per heavy atom. The number of ether oxygens (including phenoxy) is 1. The minimum absolute atomic E-state index is 0.261. The lowest BCUT2D eigenvalue weighted by molar-refractivity contribution is -0.136. The third kappa shape index (κ3) is 2.41. The topological polar surface area (TPSA) is 64.3 Å². The van der Waals surface area contributed by atoms with Crippen LogP contribution in [0.3, 0.4) is 0 Å². The van der Waals surface area contributed by atoms with E-state index in [9.17, 15) is 4.79 Å². The number of hydrogen-bond donors (Lipinski definition) is 2. The van der Waals surface area contributed by atoms with Crippen LogP contribution >= 0.6 is 0 Å². The Morgan fingerprint density at radius 2 is 1.95 bits per heavy atom. The van der Waals surface area contributed by atoms with Crippen molar-refractivity contribution in [2.75, 3.05) is 7.11 Å². The van der Waals surface area contributed by atoms with Crippen molar-refractivity contribution in [2.24, 2.45) is 5.73 Å². The molecule has 0 bridgehead atoms. The van der Waals surface area contributed by atoms with Gasteiger partial charge in [-0.15, -0.1) is 0 Å². The number of dihydropyridines is 1. The van der Waals surface area contributed by atoms with E-state index in [1.165, 1.54) is 7.11 Å². The first-order chi connectivity index (χ1) is 9.45. The summed E-state index contributed by atoms with van der Waals surface area (Å²) in [5.41, 5.74) is 11.2. The summed E-state index contributed by atoms with van der Waals surface area (Å²) < 4.78 is 4.91. The molecule has 0 saturated carbocycles. The van der Waals surface area contributed by atoms with Crippen LogP contribution in [0.1, 0.15) is 30.9 Å². The molecular weight excluding hydrogens is 252 g/mol. The van der Waals surface area contributed by atoms with E-state index in [1.54, 1.807) is 0 Å². The molecule has 1 unspecified atom stereocenters. The molecule has 4 heteroatoms.